The van der Waals surface area contributed by atoms with Gasteiger partial charge in [-0.3, -0.25) is 0 Å². The van der Waals surface area contributed by atoms with Gasteiger partial charge in [-0.2, -0.15) is 0 Å². The Hall–Kier alpha value is -0.340. The molecule has 2 rings (SSSR count). The highest BCUT2D eigenvalue weighted by Gasteiger charge is 2.40. The molecule has 0 bridgehead atoms. The number of hydrogen-bond donors (Lipinski definition) is 1. The molecule has 0 aromatic rings. The molecule has 0 amide bonds. The molecule has 2 heteroatoms. The fraction of sp³-hybridized carbons (Fsp3) is 0.857. The van der Waals surface area contributed by atoms with Crippen molar-refractivity contribution in [1.29, 1.82) is 0 Å². The molecule has 16 heavy (non-hydrogen) atoms. The van der Waals surface area contributed by atoms with Gasteiger partial charge in [0.15, 0.2) is 0 Å². The topological polar surface area (TPSA) is 29.5 Å². The molecule has 2 aliphatic rings. The third-order valence-corrected chi connectivity index (χ3v) is 4.28. The molecule has 0 spiro atoms. The van der Waals surface area contributed by atoms with Gasteiger partial charge in [0.2, 0.25) is 0 Å². The van der Waals surface area contributed by atoms with E-state index < -0.39 is 0 Å². The second-order valence-corrected chi connectivity index (χ2v) is 5.66. The normalized spacial score (nSPS) is 36.4. The molecule has 2 fully saturated rings. The quantitative estimate of drug-likeness (QED) is 0.744. The van der Waals surface area contributed by atoms with Crippen molar-refractivity contribution in [3.63, 3.8) is 0 Å². The van der Waals surface area contributed by atoms with Crippen molar-refractivity contribution >= 4 is 0 Å². The Morgan fingerprint density at radius 1 is 1.31 bits per heavy atom. The molecule has 0 aromatic heterocycles. The monoisotopic (exact) mass is 224 g/mol. The summed E-state index contributed by atoms with van der Waals surface area (Å²) in [5, 5.41) is 9.65. The molecule has 2 atom stereocenters. The van der Waals surface area contributed by atoms with E-state index in [9.17, 15) is 5.11 Å². The zero-order valence-electron chi connectivity index (χ0n) is 10.2. The minimum Gasteiger partial charge on any atom is -0.396 e. The lowest BCUT2D eigenvalue weighted by Gasteiger charge is -2.32. The standard InChI is InChI=1S/C14H24O2/c1-2-13-9-14(10-15,11-16-13)8-12-6-4-3-5-7-12/h2,12-13,15H,1,3-11H2/t13-,14-/m1/s1. The SMILES string of the molecule is C=C[C@@H]1C[C@@](CO)(CC2CCCCC2)CO1. The first-order valence-corrected chi connectivity index (χ1v) is 6.63. The van der Waals surface area contributed by atoms with Crippen molar-refractivity contribution < 1.29 is 9.84 Å². The van der Waals surface area contributed by atoms with Gasteiger partial charge in [0, 0.05) is 5.41 Å². The highest BCUT2D eigenvalue weighted by Crippen LogP contribution is 2.42. The molecule has 92 valence electrons. The predicted molar refractivity (Wildman–Crippen MR) is 65.3 cm³/mol. The van der Waals surface area contributed by atoms with Gasteiger partial charge in [-0.1, -0.05) is 38.2 Å². The van der Waals surface area contributed by atoms with Crippen molar-refractivity contribution in [2.75, 3.05) is 13.2 Å². The fourth-order valence-corrected chi connectivity index (χ4v) is 3.30. The molecular weight excluding hydrogens is 200 g/mol. The third-order valence-electron chi connectivity index (χ3n) is 4.28. The molecule has 0 radical (unpaired) electrons. The summed E-state index contributed by atoms with van der Waals surface area (Å²) in [6.45, 7) is 4.77. The lowest BCUT2D eigenvalue weighted by Crippen LogP contribution is -2.29. The van der Waals surface area contributed by atoms with Crippen molar-refractivity contribution in [1.82, 2.24) is 0 Å². The van der Waals surface area contributed by atoms with Gasteiger partial charge in [-0.15, -0.1) is 6.58 Å². The number of ether oxygens (including phenoxy) is 1. The summed E-state index contributed by atoms with van der Waals surface area (Å²) in [6, 6.07) is 0. The molecule has 0 aromatic carbocycles. The highest BCUT2D eigenvalue weighted by atomic mass is 16.5. The molecule has 0 unspecified atom stereocenters. The van der Waals surface area contributed by atoms with Crippen LogP contribution in [0.3, 0.4) is 0 Å². The van der Waals surface area contributed by atoms with Crippen LogP contribution in [-0.4, -0.2) is 24.4 Å². The molecule has 1 N–H and O–H groups in total. The first kappa shape index (κ1) is 12.1. The first-order valence-electron chi connectivity index (χ1n) is 6.63. The second-order valence-electron chi connectivity index (χ2n) is 5.66. The molecule has 1 aliphatic heterocycles. The van der Waals surface area contributed by atoms with Crippen molar-refractivity contribution in [2.24, 2.45) is 11.3 Å². The van der Waals surface area contributed by atoms with Gasteiger partial charge in [-0.05, 0) is 18.8 Å². The largest absolute Gasteiger partial charge is 0.396 e. The van der Waals surface area contributed by atoms with Crippen molar-refractivity contribution in [3.05, 3.63) is 12.7 Å². The highest BCUT2D eigenvalue weighted by molar-refractivity contribution is 4.95. The Morgan fingerprint density at radius 3 is 2.62 bits per heavy atom. The minimum absolute atomic E-state index is 0.0286. The Morgan fingerprint density at radius 2 is 2.06 bits per heavy atom. The van der Waals surface area contributed by atoms with Crippen LogP contribution in [0.15, 0.2) is 12.7 Å². The predicted octanol–water partition coefficient (Wildman–Crippen LogP) is 2.91. The van der Waals surface area contributed by atoms with E-state index >= 15 is 0 Å². The van der Waals surface area contributed by atoms with E-state index in [2.05, 4.69) is 6.58 Å². The van der Waals surface area contributed by atoms with Gasteiger partial charge in [0.1, 0.15) is 0 Å². The Bertz CT molecular complexity index is 233. The maximum absolute atomic E-state index is 9.65. The fourth-order valence-electron chi connectivity index (χ4n) is 3.30. The molecular formula is C14H24O2. The summed E-state index contributed by atoms with van der Waals surface area (Å²) >= 11 is 0. The van der Waals surface area contributed by atoms with Gasteiger partial charge in [0.25, 0.3) is 0 Å². The third kappa shape index (κ3) is 2.67. The van der Waals surface area contributed by atoms with Gasteiger partial charge >= 0.3 is 0 Å². The molecule has 1 aliphatic carbocycles. The lowest BCUT2D eigenvalue weighted by molar-refractivity contribution is 0.0605. The second kappa shape index (κ2) is 5.33. The van der Waals surface area contributed by atoms with E-state index in [1.807, 2.05) is 6.08 Å². The number of hydrogen-bond acceptors (Lipinski definition) is 2. The van der Waals surface area contributed by atoms with E-state index in [4.69, 9.17) is 4.74 Å². The summed E-state index contributed by atoms with van der Waals surface area (Å²) in [6.07, 6.45) is 11.0. The van der Waals surface area contributed by atoms with Gasteiger partial charge in [0.05, 0.1) is 19.3 Å². The zero-order chi connectivity index (χ0) is 11.4. The van der Waals surface area contributed by atoms with Gasteiger partial charge in [-0.25, -0.2) is 0 Å². The Labute approximate surface area is 98.7 Å². The van der Waals surface area contributed by atoms with E-state index in [1.54, 1.807) is 0 Å². The van der Waals surface area contributed by atoms with Crippen LogP contribution < -0.4 is 0 Å². The maximum Gasteiger partial charge on any atom is 0.0760 e. The summed E-state index contributed by atoms with van der Waals surface area (Å²) in [7, 11) is 0. The van der Waals surface area contributed by atoms with Crippen molar-refractivity contribution in [3.8, 4) is 0 Å². The zero-order valence-corrected chi connectivity index (χ0v) is 10.2. The van der Waals surface area contributed by atoms with Crippen LogP contribution >= 0.6 is 0 Å². The van der Waals surface area contributed by atoms with E-state index in [-0.39, 0.29) is 18.1 Å². The van der Waals surface area contributed by atoms with Crippen LogP contribution in [0, 0.1) is 11.3 Å². The van der Waals surface area contributed by atoms with E-state index in [0.717, 1.165) is 25.4 Å². The summed E-state index contributed by atoms with van der Waals surface area (Å²) < 4.78 is 5.67. The van der Waals surface area contributed by atoms with Crippen LogP contribution in [0.1, 0.15) is 44.9 Å². The number of aliphatic hydroxyl groups is 1. The molecule has 1 saturated heterocycles. The Balaban J connectivity index is 1.91. The van der Waals surface area contributed by atoms with Gasteiger partial charge < -0.3 is 9.84 Å². The molecule has 2 nitrogen and oxygen atoms in total. The molecule has 1 saturated carbocycles. The van der Waals surface area contributed by atoms with E-state index in [1.165, 1.54) is 32.1 Å². The number of aliphatic hydroxyl groups excluding tert-OH is 1. The average Bonchev–Trinajstić information content (AvgIpc) is 2.75. The maximum atomic E-state index is 9.65. The van der Waals surface area contributed by atoms with Crippen LogP contribution in [0.5, 0.6) is 0 Å². The Kier molecular flexibility index (Phi) is 4.04. The molecule has 1 heterocycles. The number of rotatable bonds is 4. The smallest absolute Gasteiger partial charge is 0.0760 e. The van der Waals surface area contributed by atoms with Crippen LogP contribution in [0.2, 0.25) is 0 Å². The van der Waals surface area contributed by atoms with Crippen LogP contribution in [-0.2, 0) is 4.74 Å². The van der Waals surface area contributed by atoms with Crippen molar-refractivity contribution in [2.45, 2.75) is 51.0 Å². The summed E-state index contributed by atoms with van der Waals surface area (Å²) in [4.78, 5) is 0. The van der Waals surface area contributed by atoms with Crippen LogP contribution in [0.4, 0.5) is 0 Å². The van der Waals surface area contributed by atoms with E-state index in [0.29, 0.717) is 0 Å². The average molecular weight is 224 g/mol. The lowest BCUT2D eigenvalue weighted by atomic mass is 9.73. The first-order chi connectivity index (χ1) is 7.78. The summed E-state index contributed by atoms with van der Waals surface area (Å²) in [5.74, 6) is 0.813. The van der Waals surface area contributed by atoms with Crippen LogP contribution in [0.25, 0.3) is 0 Å². The summed E-state index contributed by atoms with van der Waals surface area (Å²) in [5.41, 5.74) is 0.0286. The minimum atomic E-state index is 0.0286.